The predicted molar refractivity (Wildman–Crippen MR) is 236 cm³/mol. The lowest BCUT2D eigenvalue weighted by Crippen LogP contribution is -2.60. The molecule has 5 amide bonds. The molecule has 1 fully saturated rings. The number of hydrogen-bond donors (Lipinski definition) is 3. The Balaban J connectivity index is 1.82. The Labute approximate surface area is 359 Å². The molecule has 60 heavy (non-hydrogen) atoms. The van der Waals surface area contributed by atoms with Gasteiger partial charge in [0, 0.05) is 46.8 Å². The molecular formula is C47H74N6O7. The van der Waals surface area contributed by atoms with Crippen molar-refractivity contribution in [1.29, 1.82) is 0 Å². The average Bonchev–Trinajstić information content (AvgIpc) is 3.70. The molecule has 1 saturated heterocycles. The fraction of sp³-hybridized carbons (Fsp3) is 0.638. The van der Waals surface area contributed by atoms with E-state index >= 15 is 0 Å². The van der Waals surface area contributed by atoms with Crippen molar-refractivity contribution in [1.82, 2.24) is 30.7 Å². The minimum atomic E-state index is -0.818. The van der Waals surface area contributed by atoms with Crippen molar-refractivity contribution in [2.45, 2.75) is 130 Å². The average molecular weight is 835 g/mol. The van der Waals surface area contributed by atoms with Crippen molar-refractivity contribution in [3.05, 3.63) is 71.8 Å². The predicted octanol–water partition coefficient (Wildman–Crippen LogP) is 4.68. The fourth-order valence-electron chi connectivity index (χ4n) is 8.93. The van der Waals surface area contributed by atoms with Crippen LogP contribution in [-0.2, 0) is 46.4 Å². The quantitative estimate of drug-likeness (QED) is 0.145. The maximum absolute atomic E-state index is 14.4. The number of amides is 5. The summed E-state index contributed by atoms with van der Waals surface area (Å²) < 4.78 is 12.2. The molecule has 334 valence electrons. The van der Waals surface area contributed by atoms with Gasteiger partial charge in [0.05, 0.1) is 42.7 Å². The number of rotatable bonds is 23. The van der Waals surface area contributed by atoms with Gasteiger partial charge in [-0.1, -0.05) is 116 Å². The number of nitrogens with one attached hydrogen (secondary N) is 3. The third kappa shape index (κ3) is 13.4. The summed E-state index contributed by atoms with van der Waals surface area (Å²) in [5, 5.41) is 8.72. The highest BCUT2D eigenvalue weighted by molar-refractivity contribution is 6.00. The first kappa shape index (κ1) is 50.2. The number of nitrogens with zero attached hydrogens (tertiary/aromatic N) is 3. The summed E-state index contributed by atoms with van der Waals surface area (Å²) in [5.41, 5.74) is 1.90. The smallest absolute Gasteiger partial charge is 0.245 e. The van der Waals surface area contributed by atoms with E-state index < -0.39 is 42.2 Å². The van der Waals surface area contributed by atoms with Crippen molar-refractivity contribution in [3.8, 4) is 0 Å². The third-order valence-electron chi connectivity index (χ3n) is 12.3. The largest absolute Gasteiger partial charge is 0.379 e. The zero-order valence-electron chi connectivity index (χ0n) is 38.3. The second-order valence-corrected chi connectivity index (χ2v) is 17.3. The Hall–Kier alpha value is -4.17. The molecule has 9 atom stereocenters. The topological polar surface area (TPSA) is 150 Å². The lowest BCUT2D eigenvalue weighted by molar-refractivity contribution is -0.145. The van der Waals surface area contributed by atoms with E-state index in [2.05, 4.69) is 29.8 Å². The van der Waals surface area contributed by atoms with Gasteiger partial charge in [-0.05, 0) is 55.8 Å². The van der Waals surface area contributed by atoms with Crippen LogP contribution in [0.4, 0.5) is 0 Å². The normalized spacial score (nSPS) is 18.3. The van der Waals surface area contributed by atoms with E-state index in [-0.39, 0.29) is 59.9 Å². The summed E-state index contributed by atoms with van der Waals surface area (Å²) in [5.74, 6) is -2.27. The zero-order chi connectivity index (χ0) is 44.7. The van der Waals surface area contributed by atoms with Gasteiger partial charge in [0.15, 0.2) is 0 Å². The highest BCUT2D eigenvalue weighted by Gasteiger charge is 2.44. The van der Waals surface area contributed by atoms with Crippen LogP contribution in [-0.4, -0.2) is 129 Å². The van der Waals surface area contributed by atoms with Crippen molar-refractivity contribution in [3.63, 3.8) is 0 Å². The molecule has 0 bridgehead atoms. The second-order valence-electron chi connectivity index (χ2n) is 17.3. The summed E-state index contributed by atoms with van der Waals surface area (Å²) in [6, 6.07) is 16.6. The minimum Gasteiger partial charge on any atom is -0.379 e. The highest BCUT2D eigenvalue weighted by Crippen LogP contribution is 2.30. The monoisotopic (exact) mass is 835 g/mol. The van der Waals surface area contributed by atoms with Crippen LogP contribution in [0.15, 0.2) is 60.7 Å². The van der Waals surface area contributed by atoms with Gasteiger partial charge in [0.2, 0.25) is 29.5 Å². The number of ether oxygens (including phenoxy) is 2. The lowest BCUT2D eigenvalue weighted by Gasteiger charge is -2.43. The number of benzene rings is 2. The van der Waals surface area contributed by atoms with Crippen LogP contribution in [0.1, 0.15) is 85.3 Å². The summed E-state index contributed by atoms with van der Waals surface area (Å²) in [7, 11) is 8.46. The van der Waals surface area contributed by atoms with Crippen molar-refractivity contribution < 1.29 is 33.4 Å². The van der Waals surface area contributed by atoms with Crippen molar-refractivity contribution >= 4 is 29.5 Å². The van der Waals surface area contributed by atoms with Gasteiger partial charge < -0.3 is 29.9 Å². The van der Waals surface area contributed by atoms with E-state index in [0.29, 0.717) is 25.9 Å². The number of likely N-dealkylation sites (tertiary alicyclic amines) is 1. The van der Waals surface area contributed by atoms with Gasteiger partial charge in [0.25, 0.3) is 0 Å². The van der Waals surface area contributed by atoms with Crippen LogP contribution in [0.5, 0.6) is 0 Å². The van der Waals surface area contributed by atoms with Crippen molar-refractivity contribution in [2.75, 3.05) is 41.9 Å². The van der Waals surface area contributed by atoms with Gasteiger partial charge in [-0.3, -0.25) is 34.2 Å². The van der Waals surface area contributed by atoms with Crippen molar-refractivity contribution in [2.24, 2.45) is 23.7 Å². The molecule has 2 aromatic carbocycles. The van der Waals surface area contributed by atoms with Gasteiger partial charge in [-0.25, -0.2) is 0 Å². The molecule has 1 heterocycles. The first-order valence-corrected chi connectivity index (χ1v) is 21.7. The highest BCUT2D eigenvalue weighted by atomic mass is 16.5. The van der Waals surface area contributed by atoms with Crippen LogP contribution >= 0.6 is 0 Å². The molecule has 0 aromatic heterocycles. The van der Waals surface area contributed by atoms with Crippen LogP contribution in [0.25, 0.3) is 0 Å². The maximum Gasteiger partial charge on any atom is 0.245 e. The minimum absolute atomic E-state index is 0.0165. The molecular weight excluding hydrogens is 761 g/mol. The molecule has 1 aliphatic rings. The Morgan fingerprint density at radius 2 is 1.42 bits per heavy atom. The molecule has 0 radical (unpaired) electrons. The van der Waals surface area contributed by atoms with Crippen LogP contribution in [0, 0.1) is 23.7 Å². The summed E-state index contributed by atoms with van der Waals surface area (Å²) in [6.45, 7) is 14.6. The number of likely N-dealkylation sites (N-methyl/N-ethyl adjacent to an activating group) is 3. The Kier molecular flexibility index (Phi) is 20.3. The molecule has 13 heteroatoms. The summed E-state index contributed by atoms with van der Waals surface area (Å²) in [4.78, 5) is 74.9. The number of carbonyl (C=O) groups is 5. The van der Waals surface area contributed by atoms with Gasteiger partial charge >= 0.3 is 0 Å². The first-order valence-electron chi connectivity index (χ1n) is 21.7. The van der Waals surface area contributed by atoms with Gasteiger partial charge in [-0.15, -0.1) is 0 Å². The number of carbonyl (C=O) groups excluding carboxylic acids is 5. The molecule has 13 nitrogen and oxygen atoms in total. The van der Waals surface area contributed by atoms with Crippen LogP contribution < -0.4 is 16.0 Å². The van der Waals surface area contributed by atoms with E-state index in [1.807, 2.05) is 105 Å². The zero-order valence-corrected chi connectivity index (χ0v) is 38.3. The lowest BCUT2D eigenvalue weighted by atomic mass is 9.87. The Bertz CT molecular complexity index is 1660. The Morgan fingerprint density at radius 1 is 0.817 bits per heavy atom. The second kappa shape index (κ2) is 24.3. The molecule has 3 N–H and O–H groups in total. The molecule has 3 rings (SSSR count). The maximum atomic E-state index is 14.4. The molecule has 0 saturated carbocycles. The van der Waals surface area contributed by atoms with E-state index in [0.717, 1.165) is 24.0 Å². The fourth-order valence-corrected chi connectivity index (χ4v) is 8.93. The Morgan fingerprint density at radius 3 is 1.93 bits per heavy atom. The number of hydrogen-bond acceptors (Lipinski definition) is 9. The molecule has 1 aliphatic heterocycles. The van der Waals surface area contributed by atoms with Gasteiger partial charge in [-0.2, -0.15) is 0 Å². The van der Waals surface area contributed by atoms with Crippen LogP contribution in [0.2, 0.25) is 0 Å². The van der Waals surface area contributed by atoms with E-state index in [1.165, 1.54) is 0 Å². The van der Waals surface area contributed by atoms with E-state index in [4.69, 9.17) is 9.47 Å². The molecule has 2 aromatic rings. The molecule has 0 unspecified atom stereocenters. The standard InChI is InChI=1S/C47H74N6O7/c1-13-32(6)42(52(10)41(31(4)5)46(57)50-45(56)40(48-8)30(2)3)38(59-11)28-39(54)53-26-20-25-37(53)43(60-12)33(7)44(55)49-36(27-34-21-16-14-17-22-34)47(58)51(9)29-35-23-18-15-19-24-35/h14-19,21-24,30-33,36-38,40-43,48H,13,20,25-29H2,1-12H3,(H,49,55)(H,50,56,57)/t32-,33+,36-,37-,38+,40-,41-,42-,43+/m0/s1. The first-order chi connectivity index (χ1) is 28.5. The number of methoxy groups -OCH3 is 2. The summed E-state index contributed by atoms with van der Waals surface area (Å²) in [6.07, 6.45) is 1.30. The van der Waals surface area contributed by atoms with E-state index in [1.54, 1.807) is 40.1 Å². The third-order valence-corrected chi connectivity index (χ3v) is 12.3. The van der Waals surface area contributed by atoms with Crippen LogP contribution in [0.3, 0.4) is 0 Å². The molecule has 0 spiro atoms. The SMILES string of the molecule is CC[C@H](C)[C@@H]([C@@H](CC(=O)N1CCC[C@H]1[C@H](OC)[C@@H](C)C(=O)N[C@@H](Cc1ccccc1)C(=O)N(C)Cc1ccccc1)OC)N(C)[C@H](C(=O)NC(=O)[C@@H](NC)C(C)C)C(C)C. The molecule has 0 aliphatic carbocycles. The number of imide groups is 1. The van der Waals surface area contributed by atoms with E-state index in [9.17, 15) is 24.0 Å². The summed E-state index contributed by atoms with van der Waals surface area (Å²) >= 11 is 0. The van der Waals surface area contributed by atoms with Gasteiger partial charge in [0.1, 0.15) is 6.04 Å².